The molecule has 0 aliphatic carbocycles. The number of hydrogen-bond acceptors (Lipinski definition) is 5. The number of nitrogens with one attached hydrogen (secondary N) is 2. The first kappa shape index (κ1) is 15.2. The average molecular weight is 293 g/mol. The van der Waals surface area contributed by atoms with Gasteiger partial charge in [0.05, 0.1) is 4.92 Å². The Hall–Kier alpha value is -2.15. The van der Waals surface area contributed by atoms with Gasteiger partial charge in [0.1, 0.15) is 5.69 Å². The quantitative estimate of drug-likeness (QED) is 0.457. The molecule has 0 bridgehead atoms. The van der Waals surface area contributed by atoms with Crippen molar-refractivity contribution in [3.8, 4) is 0 Å². The van der Waals surface area contributed by atoms with E-state index >= 15 is 0 Å². The SMILES string of the molecule is COCCCCNc1cc2c(cc1[N+](=O)[O-])CCC(=O)N2. The lowest BCUT2D eigenvalue weighted by Crippen LogP contribution is -2.19. The third-order valence-corrected chi connectivity index (χ3v) is 3.40. The van der Waals surface area contributed by atoms with Crippen molar-refractivity contribution >= 4 is 23.0 Å². The van der Waals surface area contributed by atoms with Gasteiger partial charge in [0.25, 0.3) is 5.69 Å². The lowest BCUT2D eigenvalue weighted by atomic mass is 10.0. The number of methoxy groups -OCH3 is 1. The highest BCUT2D eigenvalue weighted by Gasteiger charge is 2.22. The number of hydrogen-bond donors (Lipinski definition) is 2. The molecule has 0 atom stereocenters. The standard InChI is InChI=1S/C14H19N3O4/c1-21-7-3-2-6-15-12-9-11-10(4-5-14(18)16-11)8-13(12)17(19)20/h8-9,15H,2-7H2,1H3,(H,16,18). The van der Waals surface area contributed by atoms with E-state index in [1.165, 1.54) is 0 Å². The third-order valence-electron chi connectivity index (χ3n) is 3.40. The zero-order chi connectivity index (χ0) is 15.2. The molecule has 1 aromatic carbocycles. The van der Waals surface area contributed by atoms with Gasteiger partial charge in [0.2, 0.25) is 5.91 Å². The van der Waals surface area contributed by atoms with Crippen LogP contribution in [0.15, 0.2) is 12.1 Å². The number of amides is 1. The number of unbranched alkanes of at least 4 members (excludes halogenated alkanes) is 1. The number of benzene rings is 1. The molecule has 1 heterocycles. The fourth-order valence-electron chi connectivity index (χ4n) is 2.30. The van der Waals surface area contributed by atoms with Crippen molar-refractivity contribution in [2.75, 3.05) is 30.9 Å². The van der Waals surface area contributed by atoms with Crippen molar-refractivity contribution in [3.05, 3.63) is 27.8 Å². The van der Waals surface area contributed by atoms with Gasteiger partial charge < -0.3 is 15.4 Å². The second kappa shape index (κ2) is 7.03. The van der Waals surface area contributed by atoms with Gasteiger partial charge in [-0.15, -0.1) is 0 Å². The predicted octanol–water partition coefficient (Wildman–Crippen LogP) is 2.32. The zero-order valence-corrected chi connectivity index (χ0v) is 12.0. The van der Waals surface area contributed by atoms with Crippen LogP contribution in [-0.2, 0) is 16.0 Å². The maximum Gasteiger partial charge on any atom is 0.292 e. The van der Waals surface area contributed by atoms with Crippen LogP contribution in [0.25, 0.3) is 0 Å². The van der Waals surface area contributed by atoms with Crippen LogP contribution in [-0.4, -0.2) is 31.1 Å². The van der Waals surface area contributed by atoms with E-state index in [1.54, 1.807) is 19.2 Å². The van der Waals surface area contributed by atoms with Gasteiger partial charge in [-0.05, 0) is 30.9 Å². The minimum absolute atomic E-state index is 0.0524. The molecule has 0 unspecified atom stereocenters. The molecule has 2 N–H and O–H groups in total. The number of nitro groups is 1. The smallest absolute Gasteiger partial charge is 0.292 e. The number of nitrogens with zero attached hydrogens (tertiary/aromatic N) is 1. The topological polar surface area (TPSA) is 93.5 Å². The molecule has 0 radical (unpaired) electrons. The largest absolute Gasteiger partial charge is 0.385 e. The number of ether oxygens (including phenoxy) is 1. The van der Waals surface area contributed by atoms with Crippen molar-refractivity contribution in [2.24, 2.45) is 0 Å². The number of rotatable bonds is 7. The fraction of sp³-hybridized carbons (Fsp3) is 0.500. The molecule has 7 nitrogen and oxygen atoms in total. The molecule has 21 heavy (non-hydrogen) atoms. The summed E-state index contributed by atoms with van der Waals surface area (Å²) in [6, 6.07) is 3.20. The number of fused-ring (bicyclic) bond motifs is 1. The molecule has 1 aliphatic heterocycles. The van der Waals surface area contributed by atoms with Crippen molar-refractivity contribution in [2.45, 2.75) is 25.7 Å². The van der Waals surface area contributed by atoms with Crippen LogP contribution in [0.3, 0.4) is 0 Å². The van der Waals surface area contributed by atoms with E-state index in [9.17, 15) is 14.9 Å². The minimum Gasteiger partial charge on any atom is -0.385 e. The summed E-state index contributed by atoms with van der Waals surface area (Å²) in [6.45, 7) is 1.29. The van der Waals surface area contributed by atoms with E-state index in [-0.39, 0.29) is 11.6 Å². The highest BCUT2D eigenvalue weighted by atomic mass is 16.6. The first-order valence-electron chi connectivity index (χ1n) is 6.96. The van der Waals surface area contributed by atoms with Crippen LogP contribution in [0.4, 0.5) is 17.1 Å². The summed E-state index contributed by atoms with van der Waals surface area (Å²) >= 11 is 0. The van der Waals surface area contributed by atoms with Crippen LogP contribution in [0, 0.1) is 10.1 Å². The molecule has 0 spiro atoms. The Bertz CT molecular complexity index is 545. The summed E-state index contributed by atoms with van der Waals surface area (Å²) in [5.41, 5.74) is 1.97. The Morgan fingerprint density at radius 2 is 2.19 bits per heavy atom. The van der Waals surface area contributed by atoms with E-state index in [0.717, 1.165) is 18.4 Å². The molecular formula is C14H19N3O4. The van der Waals surface area contributed by atoms with Gasteiger partial charge >= 0.3 is 0 Å². The minimum atomic E-state index is -0.395. The van der Waals surface area contributed by atoms with Crippen LogP contribution in [0.1, 0.15) is 24.8 Å². The average Bonchev–Trinajstić information content (AvgIpc) is 2.46. The van der Waals surface area contributed by atoms with Crippen molar-refractivity contribution in [3.63, 3.8) is 0 Å². The molecule has 114 valence electrons. The van der Waals surface area contributed by atoms with E-state index in [4.69, 9.17) is 4.74 Å². The molecule has 1 amide bonds. The Labute approximate surface area is 122 Å². The predicted molar refractivity (Wildman–Crippen MR) is 79.6 cm³/mol. The van der Waals surface area contributed by atoms with Gasteiger partial charge in [-0.3, -0.25) is 14.9 Å². The molecule has 7 heteroatoms. The second-order valence-corrected chi connectivity index (χ2v) is 4.96. The molecular weight excluding hydrogens is 274 g/mol. The van der Waals surface area contributed by atoms with Gasteiger partial charge in [0.15, 0.2) is 0 Å². The number of anilines is 2. The first-order valence-corrected chi connectivity index (χ1v) is 6.96. The van der Waals surface area contributed by atoms with Crippen molar-refractivity contribution in [1.82, 2.24) is 0 Å². The molecule has 0 saturated heterocycles. The van der Waals surface area contributed by atoms with Crippen molar-refractivity contribution < 1.29 is 14.5 Å². The second-order valence-electron chi connectivity index (χ2n) is 4.96. The van der Waals surface area contributed by atoms with Gasteiger partial charge in [-0.2, -0.15) is 0 Å². The summed E-state index contributed by atoms with van der Waals surface area (Å²) in [7, 11) is 1.64. The maximum absolute atomic E-state index is 11.4. The molecule has 2 rings (SSSR count). The lowest BCUT2D eigenvalue weighted by Gasteiger charge is -2.18. The summed E-state index contributed by atoms with van der Waals surface area (Å²) in [4.78, 5) is 22.2. The van der Waals surface area contributed by atoms with E-state index < -0.39 is 4.92 Å². The first-order chi connectivity index (χ1) is 10.1. The Morgan fingerprint density at radius 3 is 2.90 bits per heavy atom. The molecule has 0 aromatic heterocycles. The summed E-state index contributed by atoms with van der Waals surface area (Å²) < 4.78 is 4.96. The van der Waals surface area contributed by atoms with Crippen LogP contribution < -0.4 is 10.6 Å². The number of aryl methyl sites for hydroxylation is 1. The Balaban J connectivity index is 2.12. The molecule has 1 aromatic rings. The molecule has 1 aliphatic rings. The van der Waals surface area contributed by atoms with E-state index in [1.807, 2.05) is 0 Å². The summed E-state index contributed by atoms with van der Waals surface area (Å²) in [6.07, 6.45) is 2.65. The van der Waals surface area contributed by atoms with E-state index in [0.29, 0.717) is 37.4 Å². The van der Waals surface area contributed by atoms with Gasteiger partial charge in [0, 0.05) is 38.4 Å². The molecule has 0 fully saturated rings. The van der Waals surface area contributed by atoms with E-state index in [2.05, 4.69) is 10.6 Å². The van der Waals surface area contributed by atoms with Crippen LogP contribution >= 0.6 is 0 Å². The van der Waals surface area contributed by atoms with Crippen LogP contribution in [0.2, 0.25) is 0 Å². The molecule has 0 saturated carbocycles. The highest BCUT2D eigenvalue weighted by molar-refractivity contribution is 5.95. The highest BCUT2D eigenvalue weighted by Crippen LogP contribution is 2.34. The normalized spacial score (nSPS) is 13.5. The summed E-state index contributed by atoms with van der Waals surface area (Å²) in [5, 5.41) is 17.0. The maximum atomic E-state index is 11.4. The van der Waals surface area contributed by atoms with Gasteiger partial charge in [-0.25, -0.2) is 0 Å². The van der Waals surface area contributed by atoms with Crippen molar-refractivity contribution in [1.29, 1.82) is 0 Å². The lowest BCUT2D eigenvalue weighted by molar-refractivity contribution is -0.384. The van der Waals surface area contributed by atoms with Gasteiger partial charge in [-0.1, -0.05) is 0 Å². The van der Waals surface area contributed by atoms with Crippen LogP contribution in [0.5, 0.6) is 0 Å². The fourth-order valence-corrected chi connectivity index (χ4v) is 2.30. The number of nitro benzene ring substituents is 1. The Kier molecular flexibility index (Phi) is 5.10. The number of carbonyl (C=O) groups is 1. The Morgan fingerprint density at radius 1 is 1.38 bits per heavy atom. The monoisotopic (exact) mass is 293 g/mol. The zero-order valence-electron chi connectivity index (χ0n) is 12.0. The number of carbonyl (C=O) groups excluding carboxylic acids is 1. The third kappa shape index (κ3) is 3.91. The summed E-state index contributed by atoms with van der Waals surface area (Å²) in [5.74, 6) is -0.0533.